The van der Waals surface area contributed by atoms with Gasteiger partial charge in [0.1, 0.15) is 5.75 Å². The van der Waals surface area contributed by atoms with Crippen LogP contribution in [-0.2, 0) is 4.79 Å². The van der Waals surface area contributed by atoms with Gasteiger partial charge in [-0.15, -0.1) is 18.6 Å². The average molecular weight is 399 g/mol. The molecule has 3 aromatic rings. The molecular formula is C22H18F3N2O2+. The quantitative estimate of drug-likeness (QED) is 0.646. The summed E-state index contributed by atoms with van der Waals surface area (Å²) < 4.78 is 42.3. The van der Waals surface area contributed by atoms with Gasteiger partial charge in [-0.1, -0.05) is 47.1 Å². The van der Waals surface area contributed by atoms with Crippen LogP contribution < -0.4 is 14.8 Å². The molecule has 0 spiro atoms. The van der Waals surface area contributed by atoms with Crippen molar-refractivity contribution >= 4 is 5.91 Å². The zero-order chi connectivity index (χ0) is 20.4. The fourth-order valence-electron chi connectivity index (χ4n) is 3.31. The number of nitrogens with zero attached hydrogens (tertiary/aromatic N) is 1. The molecule has 0 aliphatic heterocycles. The van der Waals surface area contributed by atoms with Crippen LogP contribution in [0.1, 0.15) is 17.9 Å². The number of hydrogen-bond acceptors (Lipinski definition) is 2. The third-order valence-corrected chi connectivity index (χ3v) is 4.84. The predicted octanol–water partition coefficient (Wildman–Crippen LogP) is 4.41. The van der Waals surface area contributed by atoms with Gasteiger partial charge in [0.25, 0.3) is 5.91 Å². The molecule has 2 atom stereocenters. The minimum Gasteiger partial charge on any atom is -0.406 e. The van der Waals surface area contributed by atoms with Crippen molar-refractivity contribution in [2.75, 3.05) is 5.43 Å². The molecule has 1 fully saturated rings. The summed E-state index contributed by atoms with van der Waals surface area (Å²) in [5.41, 5.74) is 5.59. The predicted molar refractivity (Wildman–Crippen MR) is 100 cm³/mol. The molecule has 0 saturated heterocycles. The topological polar surface area (TPSA) is 42.2 Å². The van der Waals surface area contributed by atoms with Crippen molar-refractivity contribution in [3.05, 3.63) is 84.7 Å². The first-order valence-corrected chi connectivity index (χ1v) is 9.12. The first-order valence-electron chi connectivity index (χ1n) is 9.12. The first-order chi connectivity index (χ1) is 13.9. The number of carbonyl (C=O) groups is 1. The van der Waals surface area contributed by atoms with Gasteiger partial charge in [0.2, 0.25) is 0 Å². The van der Waals surface area contributed by atoms with Crippen molar-refractivity contribution in [3.63, 3.8) is 0 Å². The van der Waals surface area contributed by atoms with Gasteiger partial charge in [-0.3, -0.25) is 4.79 Å². The van der Waals surface area contributed by atoms with Gasteiger partial charge in [-0.2, -0.15) is 0 Å². The van der Waals surface area contributed by atoms with Crippen LogP contribution in [0.3, 0.4) is 0 Å². The number of nitrogens with one attached hydrogen (secondary N) is 1. The molecule has 4 rings (SSSR count). The Morgan fingerprint density at radius 3 is 2.10 bits per heavy atom. The molecule has 0 bridgehead atoms. The molecule has 0 radical (unpaired) electrons. The van der Waals surface area contributed by atoms with Gasteiger partial charge in [0.05, 0.1) is 5.92 Å². The minimum absolute atomic E-state index is 0.0180. The molecule has 1 aromatic heterocycles. The van der Waals surface area contributed by atoms with Gasteiger partial charge in [-0.05, 0) is 41.2 Å². The summed E-state index contributed by atoms with van der Waals surface area (Å²) in [6.45, 7) is 0. The van der Waals surface area contributed by atoms with Crippen LogP contribution in [-0.4, -0.2) is 12.3 Å². The molecular weight excluding hydrogens is 381 g/mol. The molecule has 1 amide bonds. The van der Waals surface area contributed by atoms with E-state index in [9.17, 15) is 18.0 Å². The molecule has 1 aliphatic carbocycles. The molecule has 29 heavy (non-hydrogen) atoms. The molecule has 2 unspecified atom stereocenters. The van der Waals surface area contributed by atoms with Crippen LogP contribution in [0.5, 0.6) is 5.75 Å². The number of rotatable bonds is 5. The molecule has 1 N–H and O–H groups in total. The summed E-state index contributed by atoms with van der Waals surface area (Å²) in [7, 11) is 0. The van der Waals surface area contributed by atoms with Crippen LogP contribution in [0.15, 0.2) is 79.1 Å². The smallest absolute Gasteiger partial charge is 0.406 e. The lowest BCUT2D eigenvalue weighted by molar-refractivity contribution is -0.642. The van der Waals surface area contributed by atoms with E-state index in [1.54, 1.807) is 29.2 Å². The standard InChI is InChI=1S/C22H17F3N2O2/c23-22(24,25)29-18-10-8-16(9-11-18)15-4-6-17(7-5-15)19-14-20(19)21(28)26-27-12-2-1-3-13-27/h1-13,19-20H,14H2/p+1. The van der Waals surface area contributed by atoms with Crippen LogP contribution in [0.25, 0.3) is 11.1 Å². The second kappa shape index (κ2) is 7.58. The Labute approximate surface area is 165 Å². The summed E-state index contributed by atoms with van der Waals surface area (Å²) in [6, 6.07) is 19.0. The highest BCUT2D eigenvalue weighted by Crippen LogP contribution is 2.47. The SMILES string of the molecule is O=C(N[n+]1ccccc1)C1CC1c1ccc(-c2ccc(OC(F)(F)F)cc2)cc1. The summed E-state index contributed by atoms with van der Waals surface area (Å²) >= 11 is 0. The summed E-state index contributed by atoms with van der Waals surface area (Å²) in [5, 5.41) is 0. The number of halogens is 3. The molecule has 1 aliphatic rings. The highest BCUT2D eigenvalue weighted by molar-refractivity contribution is 5.88. The zero-order valence-corrected chi connectivity index (χ0v) is 15.3. The van der Waals surface area contributed by atoms with Crippen LogP contribution in [0, 0.1) is 5.92 Å². The number of pyridine rings is 1. The van der Waals surface area contributed by atoms with Crippen molar-refractivity contribution in [1.82, 2.24) is 0 Å². The molecule has 148 valence electrons. The summed E-state index contributed by atoms with van der Waals surface area (Å²) in [6.07, 6.45) is -0.360. The van der Waals surface area contributed by atoms with Gasteiger partial charge in [0, 0.05) is 12.1 Å². The third-order valence-electron chi connectivity index (χ3n) is 4.84. The van der Waals surface area contributed by atoms with E-state index < -0.39 is 6.36 Å². The van der Waals surface area contributed by atoms with Gasteiger partial charge < -0.3 is 4.74 Å². The Kier molecular flexibility index (Phi) is 4.96. The fraction of sp³-hybridized carbons (Fsp3) is 0.182. The monoisotopic (exact) mass is 399 g/mol. The van der Waals surface area contributed by atoms with Crippen LogP contribution in [0.2, 0.25) is 0 Å². The van der Waals surface area contributed by atoms with E-state index in [0.717, 1.165) is 23.1 Å². The lowest BCUT2D eigenvalue weighted by Gasteiger charge is -2.09. The Hall–Kier alpha value is -3.35. The molecule has 2 aromatic carbocycles. The maximum absolute atomic E-state index is 12.4. The lowest BCUT2D eigenvalue weighted by Crippen LogP contribution is -2.48. The number of amides is 1. The Bertz CT molecular complexity index is 987. The number of alkyl halides is 3. The lowest BCUT2D eigenvalue weighted by atomic mass is 10.0. The van der Waals surface area contributed by atoms with Crippen molar-refractivity contribution in [3.8, 4) is 16.9 Å². The molecule has 4 nitrogen and oxygen atoms in total. The Morgan fingerprint density at radius 2 is 1.52 bits per heavy atom. The Balaban J connectivity index is 1.38. The van der Waals surface area contributed by atoms with Crippen molar-refractivity contribution in [2.24, 2.45) is 5.92 Å². The Morgan fingerprint density at radius 1 is 0.931 bits per heavy atom. The maximum atomic E-state index is 12.4. The first kappa shape index (κ1) is 19.0. The number of carbonyl (C=O) groups excluding carboxylic acids is 1. The van der Waals surface area contributed by atoms with Crippen molar-refractivity contribution < 1.29 is 27.4 Å². The third kappa shape index (κ3) is 4.74. The van der Waals surface area contributed by atoms with Gasteiger partial charge in [0.15, 0.2) is 12.4 Å². The molecule has 1 saturated carbocycles. The van der Waals surface area contributed by atoms with E-state index >= 15 is 0 Å². The van der Waals surface area contributed by atoms with Gasteiger partial charge >= 0.3 is 6.36 Å². The van der Waals surface area contributed by atoms with Crippen LogP contribution in [0.4, 0.5) is 13.2 Å². The average Bonchev–Trinajstić information content (AvgIpc) is 3.49. The van der Waals surface area contributed by atoms with E-state index in [2.05, 4.69) is 10.2 Å². The number of hydrogen-bond donors (Lipinski definition) is 1. The van der Waals surface area contributed by atoms with E-state index in [1.165, 1.54) is 12.1 Å². The highest BCUT2D eigenvalue weighted by atomic mass is 19.4. The van der Waals surface area contributed by atoms with E-state index in [1.807, 2.05) is 42.5 Å². The largest absolute Gasteiger partial charge is 0.573 e. The minimum atomic E-state index is -4.70. The summed E-state index contributed by atoms with van der Waals surface area (Å²) in [5.74, 6) is -0.153. The number of aromatic nitrogens is 1. The van der Waals surface area contributed by atoms with Crippen molar-refractivity contribution in [1.29, 1.82) is 0 Å². The molecule has 1 heterocycles. The van der Waals surface area contributed by atoms with Crippen LogP contribution >= 0.6 is 0 Å². The summed E-state index contributed by atoms with van der Waals surface area (Å²) in [4.78, 5) is 12.4. The van der Waals surface area contributed by atoms with E-state index in [4.69, 9.17) is 0 Å². The van der Waals surface area contributed by atoms with Crippen molar-refractivity contribution in [2.45, 2.75) is 18.7 Å². The van der Waals surface area contributed by atoms with E-state index in [-0.39, 0.29) is 23.5 Å². The number of benzene rings is 2. The van der Waals surface area contributed by atoms with E-state index in [0.29, 0.717) is 0 Å². The molecule has 7 heteroatoms. The maximum Gasteiger partial charge on any atom is 0.573 e. The highest BCUT2D eigenvalue weighted by Gasteiger charge is 2.45. The second-order valence-corrected chi connectivity index (χ2v) is 6.90. The van der Waals surface area contributed by atoms with Gasteiger partial charge in [-0.25, -0.2) is 0 Å². The fourth-order valence-corrected chi connectivity index (χ4v) is 3.31. The number of ether oxygens (including phenoxy) is 1. The zero-order valence-electron chi connectivity index (χ0n) is 15.3. The second-order valence-electron chi connectivity index (χ2n) is 6.90. The normalized spacial score (nSPS) is 18.2.